The van der Waals surface area contributed by atoms with E-state index in [1.54, 1.807) is 7.11 Å². The van der Waals surface area contributed by atoms with Crippen molar-refractivity contribution in [2.75, 3.05) is 20.2 Å². The first kappa shape index (κ1) is 25.6. The molecule has 1 unspecified atom stereocenters. The lowest BCUT2D eigenvalue weighted by Crippen LogP contribution is -2.44. The van der Waals surface area contributed by atoms with Gasteiger partial charge >= 0.3 is 12.1 Å². The van der Waals surface area contributed by atoms with E-state index in [9.17, 15) is 17.6 Å². The van der Waals surface area contributed by atoms with E-state index in [1.807, 2.05) is 36.5 Å². The molecule has 0 amide bonds. The summed E-state index contributed by atoms with van der Waals surface area (Å²) < 4.78 is 58.9. The van der Waals surface area contributed by atoms with Crippen molar-refractivity contribution in [3.63, 3.8) is 0 Å². The summed E-state index contributed by atoms with van der Waals surface area (Å²) >= 11 is 0. The number of rotatable bonds is 4. The van der Waals surface area contributed by atoms with Gasteiger partial charge in [-0.1, -0.05) is 24.3 Å². The zero-order valence-electron chi connectivity index (χ0n) is 19.5. The largest absolute Gasteiger partial charge is 0.497 e. The molecule has 0 radical (unpaired) electrons. The normalized spacial score (nSPS) is 19.5. The standard InChI is InChI=1S/C23H24FN3O2.C2HF3O2/c1-28-20-4-2-3-18(11-20)21-12-25-22-14-29-23(16-27(21)22)9-10-26(15-23)13-17-5-7-19(24)8-6-17;3-2(4,5)1(6)7/h2-8,11-12H,9-10,13-16H2,1H3;(H,6,7). The van der Waals surface area contributed by atoms with Gasteiger partial charge < -0.3 is 19.1 Å². The summed E-state index contributed by atoms with van der Waals surface area (Å²) in [5.41, 5.74) is 3.11. The van der Waals surface area contributed by atoms with Crippen LogP contribution in [0.1, 0.15) is 17.8 Å². The number of alkyl halides is 3. The Bertz CT molecular complexity index is 1210. The second-order valence-corrected chi connectivity index (χ2v) is 8.74. The van der Waals surface area contributed by atoms with Crippen molar-refractivity contribution in [1.82, 2.24) is 14.5 Å². The average molecular weight is 507 g/mol. The van der Waals surface area contributed by atoms with Gasteiger partial charge in [0.15, 0.2) is 0 Å². The van der Waals surface area contributed by atoms with Crippen LogP contribution in [-0.4, -0.2) is 57.5 Å². The Morgan fingerprint density at radius 2 is 1.92 bits per heavy atom. The lowest BCUT2D eigenvalue weighted by atomic mass is 10.0. The molecule has 2 aliphatic rings. The maximum atomic E-state index is 13.2. The van der Waals surface area contributed by atoms with E-state index in [1.165, 1.54) is 12.1 Å². The van der Waals surface area contributed by atoms with E-state index in [0.29, 0.717) is 6.61 Å². The van der Waals surface area contributed by atoms with Crippen molar-refractivity contribution in [3.8, 4) is 17.0 Å². The molecule has 0 aliphatic carbocycles. The Hall–Kier alpha value is -3.44. The third-order valence-corrected chi connectivity index (χ3v) is 6.21. The fourth-order valence-corrected chi connectivity index (χ4v) is 4.43. The molecule has 2 aliphatic heterocycles. The van der Waals surface area contributed by atoms with Crippen molar-refractivity contribution in [3.05, 3.63) is 71.9 Å². The SMILES string of the molecule is COc1cccc(-c2cnc3n2CC2(CCN(Cc4ccc(F)cc4)C2)OC3)c1.O=C(O)C(F)(F)F. The third kappa shape index (κ3) is 5.85. The second kappa shape index (κ2) is 10.3. The molecule has 0 bridgehead atoms. The molecular weight excluding hydrogens is 482 g/mol. The molecule has 5 rings (SSSR count). The van der Waals surface area contributed by atoms with Crippen molar-refractivity contribution in [1.29, 1.82) is 0 Å². The fourth-order valence-electron chi connectivity index (χ4n) is 4.43. The number of methoxy groups -OCH3 is 1. The van der Waals surface area contributed by atoms with Crippen molar-refractivity contribution >= 4 is 5.97 Å². The average Bonchev–Trinajstić information content (AvgIpc) is 3.44. The molecule has 7 nitrogen and oxygen atoms in total. The number of ether oxygens (including phenoxy) is 2. The van der Waals surface area contributed by atoms with E-state index in [0.717, 1.165) is 61.0 Å². The lowest BCUT2D eigenvalue weighted by Gasteiger charge is -2.35. The number of likely N-dealkylation sites (tertiary alicyclic amines) is 1. The van der Waals surface area contributed by atoms with Crippen LogP contribution in [0.25, 0.3) is 11.3 Å². The summed E-state index contributed by atoms with van der Waals surface area (Å²) in [6.07, 6.45) is -2.18. The molecule has 1 saturated heterocycles. The predicted molar refractivity (Wildman–Crippen MR) is 122 cm³/mol. The van der Waals surface area contributed by atoms with Gasteiger partial charge in [0.1, 0.15) is 29.6 Å². The monoisotopic (exact) mass is 507 g/mol. The van der Waals surface area contributed by atoms with Crippen LogP contribution < -0.4 is 4.74 Å². The molecule has 1 aromatic heterocycles. The maximum absolute atomic E-state index is 13.2. The molecule has 36 heavy (non-hydrogen) atoms. The molecule has 1 fully saturated rings. The highest BCUT2D eigenvalue weighted by Crippen LogP contribution is 2.36. The van der Waals surface area contributed by atoms with Crippen LogP contribution in [0.2, 0.25) is 0 Å². The number of aromatic nitrogens is 2. The van der Waals surface area contributed by atoms with Crippen LogP contribution in [-0.2, 0) is 29.2 Å². The van der Waals surface area contributed by atoms with Crippen molar-refractivity contribution in [2.24, 2.45) is 0 Å². The van der Waals surface area contributed by atoms with Gasteiger partial charge in [-0.2, -0.15) is 13.2 Å². The van der Waals surface area contributed by atoms with E-state index in [4.69, 9.17) is 19.4 Å². The molecule has 1 atom stereocenters. The Labute approximate surface area is 204 Å². The minimum absolute atomic E-state index is 0.194. The number of hydrogen-bond donors (Lipinski definition) is 1. The van der Waals surface area contributed by atoms with E-state index in [-0.39, 0.29) is 11.4 Å². The smallest absolute Gasteiger partial charge is 0.490 e. The van der Waals surface area contributed by atoms with Crippen LogP contribution >= 0.6 is 0 Å². The van der Waals surface area contributed by atoms with E-state index in [2.05, 4.69) is 20.5 Å². The number of halogens is 4. The molecule has 3 aromatic rings. The number of fused-ring (bicyclic) bond motifs is 1. The molecule has 192 valence electrons. The quantitative estimate of drug-likeness (QED) is 0.524. The third-order valence-electron chi connectivity index (χ3n) is 6.21. The molecule has 1 N–H and O–H groups in total. The molecule has 3 heterocycles. The lowest BCUT2D eigenvalue weighted by molar-refractivity contribution is -0.192. The molecular formula is C25H25F4N3O4. The molecule has 0 saturated carbocycles. The van der Waals surface area contributed by atoms with Crippen LogP contribution in [0, 0.1) is 5.82 Å². The van der Waals surface area contributed by atoms with Gasteiger partial charge in [-0.05, 0) is 36.2 Å². The zero-order chi connectivity index (χ0) is 25.9. The highest BCUT2D eigenvalue weighted by atomic mass is 19.4. The first-order chi connectivity index (χ1) is 17.1. The minimum Gasteiger partial charge on any atom is -0.497 e. The summed E-state index contributed by atoms with van der Waals surface area (Å²) in [6, 6.07) is 14.8. The number of hydrogen-bond acceptors (Lipinski definition) is 5. The molecule has 2 aromatic carbocycles. The van der Waals surface area contributed by atoms with Crippen molar-refractivity contribution in [2.45, 2.75) is 37.9 Å². The maximum Gasteiger partial charge on any atom is 0.490 e. The Morgan fingerprint density at radius 1 is 1.19 bits per heavy atom. The number of carboxylic acids is 1. The fraction of sp³-hybridized carbons (Fsp3) is 0.360. The Morgan fingerprint density at radius 3 is 2.58 bits per heavy atom. The number of carboxylic acid groups (broad SMARTS) is 1. The van der Waals surface area contributed by atoms with E-state index >= 15 is 0 Å². The summed E-state index contributed by atoms with van der Waals surface area (Å²) in [7, 11) is 1.68. The van der Waals surface area contributed by atoms with E-state index < -0.39 is 12.1 Å². The highest BCUT2D eigenvalue weighted by molar-refractivity contribution is 5.73. The number of benzene rings is 2. The van der Waals surface area contributed by atoms with Crippen molar-refractivity contribution < 1.29 is 36.9 Å². The van der Waals surface area contributed by atoms with Gasteiger partial charge in [-0.25, -0.2) is 14.2 Å². The Kier molecular flexibility index (Phi) is 7.32. The summed E-state index contributed by atoms with van der Waals surface area (Å²) in [6.45, 7) is 3.95. The summed E-state index contributed by atoms with van der Waals surface area (Å²) in [5.74, 6) is -1.15. The Balaban J connectivity index is 0.000000384. The van der Waals surface area contributed by atoms with Gasteiger partial charge in [-0.3, -0.25) is 4.90 Å². The topological polar surface area (TPSA) is 76.8 Å². The zero-order valence-corrected chi connectivity index (χ0v) is 19.5. The highest BCUT2D eigenvalue weighted by Gasteiger charge is 2.43. The van der Waals surface area contributed by atoms with Gasteiger partial charge in [0, 0.05) is 25.2 Å². The number of nitrogens with zero attached hydrogens (tertiary/aromatic N) is 3. The predicted octanol–water partition coefficient (Wildman–Crippen LogP) is 4.51. The summed E-state index contributed by atoms with van der Waals surface area (Å²) in [4.78, 5) is 15.9. The summed E-state index contributed by atoms with van der Waals surface area (Å²) in [5, 5.41) is 7.12. The number of carbonyl (C=O) groups is 1. The van der Waals surface area contributed by atoms with Crippen LogP contribution in [0.5, 0.6) is 5.75 Å². The number of imidazole rings is 1. The molecule has 11 heteroatoms. The van der Waals surface area contributed by atoms with Crippen LogP contribution in [0.4, 0.5) is 17.6 Å². The first-order valence-corrected chi connectivity index (χ1v) is 11.2. The van der Waals surface area contributed by atoms with Gasteiger partial charge in [-0.15, -0.1) is 0 Å². The van der Waals surface area contributed by atoms with Gasteiger partial charge in [0.25, 0.3) is 0 Å². The minimum atomic E-state index is -5.08. The van der Waals surface area contributed by atoms with Gasteiger partial charge in [0.05, 0.1) is 25.5 Å². The second-order valence-electron chi connectivity index (χ2n) is 8.74. The number of aliphatic carboxylic acids is 1. The van der Waals surface area contributed by atoms with Gasteiger partial charge in [0.2, 0.25) is 0 Å². The van der Waals surface area contributed by atoms with Crippen LogP contribution in [0.15, 0.2) is 54.7 Å². The molecule has 1 spiro atoms. The first-order valence-electron chi connectivity index (χ1n) is 11.2. The van der Waals surface area contributed by atoms with Crippen LogP contribution in [0.3, 0.4) is 0 Å².